The van der Waals surface area contributed by atoms with E-state index in [1.165, 1.54) is 25.0 Å². The SMILES string of the molecule is COc1cccc(C(=O)N2CCN(C(C)=C3CCC3)CC2)c1. The molecule has 1 aliphatic heterocycles. The maximum atomic E-state index is 12.6. The molecular weight excluding hydrogens is 276 g/mol. The van der Waals surface area contributed by atoms with Gasteiger partial charge in [0.05, 0.1) is 7.11 Å². The molecule has 0 aromatic heterocycles. The van der Waals surface area contributed by atoms with Crippen molar-refractivity contribution in [2.75, 3.05) is 33.3 Å². The molecule has 0 spiro atoms. The monoisotopic (exact) mass is 300 g/mol. The Morgan fingerprint density at radius 2 is 1.77 bits per heavy atom. The Labute approximate surface area is 132 Å². The summed E-state index contributed by atoms with van der Waals surface area (Å²) in [7, 11) is 1.62. The molecule has 1 aromatic carbocycles. The van der Waals surface area contributed by atoms with Crippen LogP contribution in [0.5, 0.6) is 5.75 Å². The van der Waals surface area contributed by atoms with Crippen LogP contribution in [-0.4, -0.2) is 49.0 Å². The zero-order valence-corrected chi connectivity index (χ0v) is 13.5. The van der Waals surface area contributed by atoms with E-state index in [-0.39, 0.29) is 5.91 Å². The van der Waals surface area contributed by atoms with E-state index in [4.69, 9.17) is 4.74 Å². The first-order valence-electron chi connectivity index (χ1n) is 8.06. The first kappa shape index (κ1) is 14.9. The van der Waals surface area contributed by atoms with Gasteiger partial charge in [-0.3, -0.25) is 4.79 Å². The second-order valence-electron chi connectivity index (χ2n) is 6.05. The number of hydrogen-bond acceptors (Lipinski definition) is 3. The molecule has 22 heavy (non-hydrogen) atoms. The van der Waals surface area contributed by atoms with Crippen LogP contribution in [0.3, 0.4) is 0 Å². The van der Waals surface area contributed by atoms with Gasteiger partial charge in [-0.1, -0.05) is 11.6 Å². The van der Waals surface area contributed by atoms with Crippen LogP contribution in [0.2, 0.25) is 0 Å². The molecule has 2 aliphatic rings. The van der Waals surface area contributed by atoms with E-state index in [9.17, 15) is 4.79 Å². The molecule has 1 aliphatic carbocycles. The summed E-state index contributed by atoms with van der Waals surface area (Å²) < 4.78 is 5.20. The second-order valence-corrected chi connectivity index (χ2v) is 6.05. The number of methoxy groups -OCH3 is 1. The van der Waals surface area contributed by atoms with Crippen LogP contribution in [0.4, 0.5) is 0 Å². The van der Waals surface area contributed by atoms with Crippen molar-refractivity contribution < 1.29 is 9.53 Å². The molecular formula is C18H24N2O2. The van der Waals surface area contributed by atoms with Gasteiger partial charge in [0.1, 0.15) is 5.75 Å². The second kappa shape index (κ2) is 6.42. The van der Waals surface area contributed by atoms with Gasteiger partial charge < -0.3 is 14.5 Å². The fourth-order valence-corrected chi connectivity index (χ4v) is 3.12. The third-order valence-electron chi connectivity index (χ3n) is 4.83. The molecule has 0 unspecified atom stereocenters. The minimum absolute atomic E-state index is 0.104. The molecule has 4 nitrogen and oxygen atoms in total. The summed E-state index contributed by atoms with van der Waals surface area (Å²) in [6.45, 7) is 5.69. The number of carbonyl (C=O) groups is 1. The highest BCUT2D eigenvalue weighted by Crippen LogP contribution is 2.30. The van der Waals surface area contributed by atoms with Crippen molar-refractivity contribution in [3.05, 3.63) is 41.1 Å². The predicted octanol–water partition coefficient (Wildman–Crippen LogP) is 2.91. The van der Waals surface area contributed by atoms with Gasteiger partial charge in [-0.25, -0.2) is 0 Å². The number of allylic oxidation sites excluding steroid dienone is 2. The lowest BCUT2D eigenvalue weighted by Gasteiger charge is -2.38. The number of ether oxygens (including phenoxy) is 1. The molecule has 4 heteroatoms. The van der Waals surface area contributed by atoms with Crippen LogP contribution in [0.25, 0.3) is 0 Å². The molecule has 1 saturated carbocycles. The van der Waals surface area contributed by atoms with Crippen molar-refractivity contribution in [2.24, 2.45) is 0 Å². The Morgan fingerprint density at radius 1 is 1.09 bits per heavy atom. The van der Waals surface area contributed by atoms with Crippen molar-refractivity contribution in [2.45, 2.75) is 26.2 Å². The zero-order chi connectivity index (χ0) is 15.5. The maximum Gasteiger partial charge on any atom is 0.254 e. The van der Waals surface area contributed by atoms with Crippen LogP contribution in [0.15, 0.2) is 35.5 Å². The minimum Gasteiger partial charge on any atom is -0.497 e. The molecule has 0 N–H and O–H groups in total. The Morgan fingerprint density at radius 3 is 2.36 bits per heavy atom. The fraction of sp³-hybridized carbons (Fsp3) is 0.500. The maximum absolute atomic E-state index is 12.6. The van der Waals surface area contributed by atoms with Gasteiger partial charge in [0.2, 0.25) is 0 Å². The predicted molar refractivity (Wildman–Crippen MR) is 87.0 cm³/mol. The van der Waals surface area contributed by atoms with E-state index in [2.05, 4.69) is 11.8 Å². The third-order valence-corrected chi connectivity index (χ3v) is 4.83. The molecule has 0 atom stereocenters. The number of amides is 1. The molecule has 0 bridgehead atoms. The topological polar surface area (TPSA) is 32.8 Å². The molecule has 2 fully saturated rings. The number of piperazine rings is 1. The van der Waals surface area contributed by atoms with Crippen molar-refractivity contribution in [1.29, 1.82) is 0 Å². The summed E-state index contributed by atoms with van der Waals surface area (Å²) in [5.41, 5.74) is 3.76. The van der Waals surface area contributed by atoms with Crippen molar-refractivity contribution in [3.8, 4) is 5.75 Å². The summed E-state index contributed by atoms with van der Waals surface area (Å²) >= 11 is 0. The van der Waals surface area contributed by atoms with Gasteiger partial charge in [0.25, 0.3) is 5.91 Å². The standard InChI is InChI=1S/C18H24N2O2/c1-14(15-5-3-6-15)19-9-11-20(12-10-19)18(21)16-7-4-8-17(13-16)22-2/h4,7-8,13H,3,5-6,9-12H2,1-2H3. The highest BCUT2D eigenvalue weighted by Gasteiger charge is 2.24. The third kappa shape index (κ3) is 2.96. The Kier molecular flexibility index (Phi) is 4.36. The summed E-state index contributed by atoms with van der Waals surface area (Å²) in [5, 5.41) is 0. The number of benzene rings is 1. The molecule has 1 heterocycles. The summed E-state index contributed by atoms with van der Waals surface area (Å²) in [4.78, 5) is 17.0. The number of carbonyl (C=O) groups excluding carboxylic acids is 1. The molecule has 3 rings (SSSR count). The number of rotatable bonds is 3. The Hall–Kier alpha value is -1.97. The van der Waals surface area contributed by atoms with Crippen molar-refractivity contribution >= 4 is 5.91 Å². The average Bonchev–Trinajstić information content (AvgIpc) is 2.52. The summed E-state index contributed by atoms with van der Waals surface area (Å²) in [6.07, 6.45) is 3.85. The van der Waals surface area contributed by atoms with E-state index in [0.717, 1.165) is 31.9 Å². The van der Waals surface area contributed by atoms with E-state index in [0.29, 0.717) is 5.56 Å². The summed E-state index contributed by atoms with van der Waals surface area (Å²) in [5.74, 6) is 0.836. The van der Waals surface area contributed by atoms with E-state index >= 15 is 0 Å². The molecule has 1 amide bonds. The van der Waals surface area contributed by atoms with Crippen molar-refractivity contribution in [1.82, 2.24) is 9.80 Å². The van der Waals surface area contributed by atoms with Crippen LogP contribution in [-0.2, 0) is 0 Å². The smallest absolute Gasteiger partial charge is 0.254 e. The lowest BCUT2D eigenvalue weighted by atomic mass is 9.90. The van der Waals surface area contributed by atoms with Gasteiger partial charge in [-0.15, -0.1) is 0 Å². The first-order chi connectivity index (χ1) is 10.7. The van der Waals surface area contributed by atoms with E-state index in [1.54, 1.807) is 12.7 Å². The first-order valence-corrected chi connectivity index (χ1v) is 8.06. The highest BCUT2D eigenvalue weighted by molar-refractivity contribution is 5.94. The van der Waals surface area contributed by atoms with Gasteiger partial charge in [-0.2, -0.15) is 0 Å². The summed E-state index contributed by atoms with van der Waals surface area (Å²) in [6, 6.07) is 7.41. The lowest BCUT2D eigenvalue weighted by molar-refractivity contribution is 0.0667. The molecule has 1 saturated heterocycles. The molecule has 1 aromatic rings. The van der Waals surface area contributed by atoms with Crippen LogP contribution < -0.4 is 4.74 Å². The quantitative estimate of drug-likeness (QED) is 0.860. The normalized spacial score (nSPS) is 18.0. The van der Waals surface area contributed by atoms with Gasteiger partial charge in [0, 0.05) is 37.4 Å². The molecule has 118 valence electrons. The Bertz CT molecular complexity index is 581. The van der Waals surface area contributed by atoms with E-state index < -0.39 is 0 Å². The van der Waals surface area contributed by atoms with Crippen LogP contribution in [0.1, 0.15) is 36.5 Å². The van der Waals surface area contributed by atoms with Crippen LogP contribution >= 0.6 is 0 Å². The van der Waals surface area contributed by atoms with Gasteiger partial charge in [0.15, 0.2) is 0 Å². The van der Waals surface area contributed by atoms with E-state index in [1.807, 2.05) is 29.2 Å². The zero-order valence-electron chi connectivity index (χ0n) is 13.5. The minimum atomic E-state index is 0.104. The highest BCUT2D eigenvalue weighted by atomic mass is 16.5. The lowest BCUT2D eigenvalue weighted by Crippen LogP contribution is -2.48. The average molecular weight is 300 g/mol. The Balaban J connectivity index is 1.62. The largest absolute Gasteiger partial charge is 0.497 e. The number of nitrogens with zero attached hydrogens (tertiary/aromatic N) is 2. The molecule has 0 radical (unpaired) electrons. The number of hydrogen-bond donors (Lipinski definition) is 0. The van der Waals surface area contributed by atoms with Gasteiger partial charge in [-0.05, 0) is 44.4 Å². The van der Waals surface area contributed by atoms with Crippen LogP contribution in [0, 0.1) is 0 Å². The fourth-order valence-electron chi connectivity index (χ4n) is 3.12. The van der Waals surface area contributed by atoms with Crippen molar-refractivity contribution in [3.63, 3.8) is 0 Å². The van der Waals surface area contributed by atoms with Gasteiger partial charge >= 0.3 is 0 Å².